The van der Waals surface area contributed by atoms with E-state index in [-0.39, 0.29) is 0 Å². The van der Waals surface area contributed by atoms with Crippen LogP contribution in [0.15, 0.2) is 24.3 Å². The van der Waals surface area contributed by atoms with E-state index in [4.69, 9.17) is 5.73 Å². The van der Waals surface area contributed by atoms with Crippen LogP contribution in [0.3, 0.4) is 0 Å². The second kappa shape index (κ2) is 3.09. The molecular weight excluding hydrogens is 170 g/mol. The Morgan fingerprint density at radius 2 is 1.86 bits per heavy atom. The monoisotopic (exact) mass is 189 g/mol. The van der Waals surface area contributed by atoms with Crippen LogP contribution in [-0.2, 0) is 6.42 Å². The van der Waals surface area contributed by atoms with E-state index < -0.39 is 0 Å². The minimum absolute atomic E-state index is 0.297. The molecule has 1 heteroatoms. The molecule has 0 saturated heterocycles. The minimum atomic E-state index is 0.297. The SMILES string of the molecule is CCc1ccccc1[C@@H]1[C@@H](N)C1(C)C. The maximum Gasteiger partial charge on any atom is 0.0172 e. The van der Waals surface area contributed by atoms with E-state index in [9.17, 15) is 0 Å². The van der Waals surface area contributed by atoms with E-state index in [0.717, 1.165) is 6.42 Å². The van der Waals surface area contributed by atoms with Crippen molar-refractivity contribution in [3.8, 4) is 0 Å². The molecule has 1 aromatic rings. The highest BCUT2D eigenvalue weighted by molar-refractivity contribution is 5.39. The molecule has 1 aliphatic carbocycles. The van der Waals surface area contributed by atoms with Gasteiger partial charge in [-0.05, 0) is 23.0 Å². The van der Waals surface area contributed by atoms with Crippen LogP contribution in [0.2, 0.25) is 0 Å². The number of aryl methyl sites for hydroxylation is 1. The first-order chi connectivity index (χ1) is 6.59. The number of nitrogens with two attached hydrogens (primary N) is 1. The second-order valence-corrected chi connectivity index (χ2v) is 4.88. The predicted molar refractivity (Wildman–Crippen MR) is 60.3 cm³/mol. The summed E-state index contributed by atoms with van der Waals surface area (Å²) in [6.45, 7) is 6.73. The summed E-state index contributed by atoms with van der Waals surface area (Å²) < 4.78 is 0. The fourth-order valence-electron chi connectivity index (χ4n) is 2.43. The molecule has 0 radical (unpaired) electrons. The van der Waals surface area contributed by atoms with E-state index in [1.165, 1.54) is 11.1 Å². The van der Waals surface area contributed by atoms with Crippen molar-refractivity contribution in [2.45, 2.75) is 39.2 Å². The van der Waals surface area contributed by atoms with Gasteiger partial charge < -0.3 is 5.73 Å². The maximum atomic E-state index is 6.10. The van der Waals surface area contributed by atoms with Crippen LogP contribution < -0.4 is 5.73 Å². The quantitative estimate of drug-likeness (QED) is 0.760. The highest BCUT2D eigenvalue weighted by Crippen LogP contribution is 2.57. The van der Waals surface area contributed by atoms with E-state index in [2.05, 4.69) is 45.0 Å². The molecule has 1 saturated carbocycles. The van der Waals surface area contributed by atoms with Crippen molar-refractivity contribution < 1.29 is 0 Å². The van der Waals surface area contributed by atoms with Gasteiger partial charge in [-0.1, -0.05) is 45.0 Å². The van der Waals surface area contributed by atoms with Gasteiger partial charge in [0.05, 0.1) is 0 Å². The molecule has 0 heterocycles. The number of rotatable bonds is 2. The van der Waals surface area contributed by atoms with Gasteiger partial charge >= 0.3 is 0 Å². The Hall–Kier alpha value is -0.820. The van der Waals surface area contributed by atoms with Gasteiger partial charge in [-0.15, -0.1) is 0 Å². The lowest BCUT2D eigenvalue weighted by atomic mass is 9.97. The highest BCUT2D eigenvalue weighted by Gasteiger charge is 2.56. The van der Waals surface area contributed by atoms with Crippen molar-refractivity contribution in [3.63, 3.8) is 0 Å². The molecule has 14 heavy (non-hydrogen) atoms. The van der Waals surface area contributed by atoms with Gasteiger partial charge in [0.25, 0.3) is 0 Å². The Morgan fingerprint density at radius 1 is 1.29 bits per heavy atom. The number of hydrogen-bond acceptors (Lipinski definition) is 1. The Labute approximate surface area is 86.3 Å². The van der Waals surface area contributed by atoms with E-state index in [1.54, 1.807) is 0 Å². The number of hydrogen-bond donors (Lipinski definition) is 1. The summed E-state index contributed by atoms with van der Waals surface area (Å²) in [5.41, 5.74) is 9.32. The Bertz CT molecular complexity index is 341. The van der Waals surface area contributed by atoms with E-state index in [0.29, 0.717) is 17.4 Å². The molecule has 2 N–H and O–H groups in total. The normalized spacial score (nSPS) is 28.9. The lowest BCUT2D eigenvalue weighted by Crippen LogP contribution is -2.06. The second-order valence-electron chi connectivity index (χ2n) is 4.88. The zero-order chi connectivity index (χ0) is 10.3. The standard InChI is InChI=1S/C13H19N/c1-4-9-7-5-6-8-10(9)11-12(14)13(11,2)3/h5-8,11-12H,4,14H2,1-3H3/t11-,12-/m1/s1. The lowest BCUT2D eigenvalue weighted by Gasteiger charge is -2.08. The average Bonchev–Trinajstić information content (AvgIpc) is 2.66. The largest absolute Gasteiger partial charge is 0.327 e. The van der Waals surface area contributed by atoms with Crippen LogP contribution in [-0.4, -0.2) is 6.04 Å². The Morgan fingerprint density at radius 3 is 2.36 bits per heavy atom. The van der Waals surface area contributed by atoms with E-state index in [1.807, 2.05) is 0 Å². The first kappa shape index (κ1) is 9.72. The summed E-state index contributed by atoms with van der Waals surface area (Å²) in [6.07, 6.45) is 1.11. The van der Waals surface area contributed by atoms with Gasteiger partial charge in [-0.25, -0.2) is 0 Å². The summed E-state index contributed by atoms with van der Waals surface area (Å²) in [5.74, 6) is 0.568. The van der Waals surface area contributed by atoms with Crippen LogP contribution in [0, 0.1) is 5.41 Å². The van der Waals surface area contributed by atoms with E-state index >= 15 is 0 Å². The van der Waals surface area contributed by atoms with Crippen LogP contribution in [0.25, 0.3) is 0 Å². The van der Waals surface area contributed by atoms with Gasteiger partial charge in [0.15, 0.2) is 0 Å². The molecule has 1 aromatic carbocycles. The minimum Gasteiger partial charge on any atom is -0.327 e. The smallest absolute Gasteiger partial charge is 0.0172 e. The summed E-state index contributed by atoms with van der Waals surface area (Å²) >= 11 is 0. The summed E-state index contributed by atoms with van der Waals surface area (Å²) in [7, 11) is 0. The van der Waals surface area contributed by atoms with Gasteiger partial charge in [-0.2, -0.15) is 0 Å². The van der Waals surface area contributed by atoms with Crippen molar-refractivity contribution in [1.29, 1.82) is 0 Å². The molecule has 0 spiro atoms. The van der Waals surface area contributed by atoms with Gasteiger partial charge in [0.2, 0.25) is 0 Å². The van der Waals surface area contributed by atoms with Crippen molar-refractivity contribution in [3.05, 3.63) is 35.4 Å². The third-order valence-corrected chi connectivity index (χ3v) is 3.68. The first-order valence-electron chi connectivity index (χ1n) is 5.42. The number of benzene rings is 1. The average molecular weight is 189 g/mol. The predicted octanol–water partition coefficient (Wildman–Crippen LogP) is 2.70. The van der Waals surface area contributed by atoms with Crippen LogP contribution in [0.1, 0.15) is 37.8 Å². The molecule has 0 aromatic heterocycles. The first-order valence-corrected chi connectivity index (χ1v) is 5.42. The van der Waals surface area contributed by atoms with Crippen LogP contribution in [0.5, 0.6) is 0 Å². The summed E-state index contributed by atoms with van der Waals surface area (Å²) in [5, 5.41) is 0. The molecule has 2 rings (SSSR count). The third-order valence-electron chi connectivity index (χ3n) is 3.68. The van der Waals surface area contributed by atoms with Crippen molar-refractivity contribution in [2.24, 2.45) is 11.1 Å². The molecule has 1 aliphatic rings. The van der Waals surface area contributed by atoms with Crippen molar-refractivity contribution in [1.82, 2.24) is 0 Å². The maximum absolute atomic E-state index is 6.10. The molecular formula is C13H19N. The molecule has 2 atom stereocenters. The van der Waals surface area contributed by atoms with Crippen molar-refractivity contribution >= 4 is 0 Å². The van der Waals surface area contributed by atoms with Crippen molar-refractivity contribution in [2.75, 3.05) is 0 Å². The summed E-state index contributed by atoms with van der Waals surface area (Å²) in [4.78, 5) is 0. The zero-order valence-corrected chi connectivity index (χ0v) is 9.25. The molecule has 0 aliphatic heterocycles. The third kappa shape index (κ3) is 1.27. The fraction of sp³-hybridized carbons (Fsp3) is 0.538. The molecule has 1 nitrogen and oxygen atoms in total. The topological polar surface area (TPSA) is 26.0 Å². The lowest BCUT2D eigenvalue weighted by molar-refractivity contribution is 0.598. The van der Waals surface area contributed by atoms with Gasteiger partial charge in [-0.3, -0.25) is 0 Å². The zero-order valence-electron chi connectivity index (χ0n) is 9.25. The van der Waals surface area contributed by atoms with Crippen LogP contribution >= 0.6 is 0 Å². The highest BCUT2D eigenvalue weighted by atomic mass is 14.8. The van der Waals surface area contributed by atoms with Gasteiger partial charge in [0, 0.05) is 12.0 Å². The Balaban J connectivity index is 2.34. The molecule has 1 fully saturated rings. The summed E-state index contributed by atoms with van der Waals surface area (Å²) in [6, 6.07) is 9.03. The van der Waals surface area contributed by atoms with Gasteiger partial charge in [0.1, 0.15) is 0 Å². The molecule has 0 unspecified atom stereocenters. The van der Waals surface area contributed by atoms with Crippen LogP contribution in [0.4, 0.5) is 0 Å². The molecule has 76 valence electrons. The molecule has 0 bridgehead atoms. The Kier molecular flexibility index (Phi) is 2.15. The molecule has 0 amide bonds. The fourth-order valence-corrected chi connectivity index (χ4v) is 2.43.